The molecule has 2 fully saturated rings. The Kier molecular flexibility index (Phi) is 6.02. The van der Waals surface area contributed by atoms with Crippen LogP contribution in [0.3, 0.4) is 0 Å². The SMILES string of the molecule is Cc1ccc(S(=O)(=O)[O-])cc1.c1ccc(C[N+]23CCC(c4ccccc4)(CC2)C3)cc1. The third-order valence-corrected chi connectivity index (χ3v) is 7.67. The highest BCUT2D eigenvalue weighted by atomic mass is 32.2. The van der Waals surface area contributed by atoms with E-state index in [-0.39, 0.29) is 4.90 Å². The number of benzene rings is 3. The number of nitrogens with zero attached hydrogens (tertiary/aromatic N) is 1. The van der Waals surface area contributed by atoms with Crippen LogP contribution in [0.25, 0.3) is 0 Å². The largest absolute Gasteiger partial charge is 0.744 e. The van der Waals surface area contributed by atoms with E-state index in [2.05, 4.69) is 60.7 Å². The van der Waals surface area contributed by atoms with Crippen molar-refractivity contribution in [2.45, 2.75) is 36.6 Å². The molecule has 0 aromatic heterocycles. The van der Waals surface area contributed by atoms with Crippen molar-refractivity contribution in [3.05, 3.63) is 102 Å². The van der Waals surface area contributed by atoms with E-state index in [0.29, 0.717) is 5.41 Å². The summed E-state index contributed by atoms with van der Waals surface area (Å²) in [6, 6.07) is 28.0. The summed E-state index contributed by atoms with van der Waals surface area (Å²) in [5.74, 6) is 0. The van der Waals surface area contributed by atoms with Crippen molar-refractivity contribution < 1.29 is 17.5 Å². The maximum absolute atomic E-state index is 10.4. The fraction of sp³-hybridized carbons (Fsp3) is 0.308. The summed E-state index contributed by atoms with van der Waals surface area (Å²) in [5.41, 5.74) is 4.47. The topological polar surface area (TPSA) is 57.2 Å². The van der Waals surface area contributed by atoms with E-state index in [1.54, 1.807) is 17.7 Å². The van der Waals surface area contributed by atoms with Crippen LogP contribution in [0.1, 0.15) is 29.5 Å². The summed E-state index contributed by atoms with van der Waals surface area (Å²) >= 11 is 0. The highest BCUT2D eigenvalue weighted by molar-refractivity contribution is 7.85. The molecule has 5 heteroatoms. The standard InChI is InChI=1S/C19H22N.C7H8O3S/c1-3-7-17(8-4-1)15-20-13-11-19(16-20,12-14-20)18-9-5-2-6-10-18;1-6-2-4-7(5-3-6)11(8,9)10/h1-10H,11-16H2;2-5H,1H3,(H,8,9,10)/q+1;/p-1. The van der Waals surface area contributed by atoms with Crippen molar-refractivity contribution in [3.8, 4) is 0 Å². The molecule has 0 N–H and O–H groups in total. The third kappa shape index (κ3) is 4.90. The Labute approximate surface area is 185 Å². The zero-order valence-corrected chi connectivity index (χ0v) is 18.7. The first-order chi connectivity index (χ1) is 14.8. The Balaban J connectivity index is 0.000000180. The van der Waals surface area contributed by atoms with E-state index in [0.717, 1.165) is 5.56 Å². The predicted octanol–water partition coefficient (Wildman–Crippen LogP) is 4.65. The van der Waals surface area contributed by atoms with Crippen LogP contribution < -0.4 is 0 Å². The maximum atomic E-state index is 10.4. The highest BCUT2D eigenvalue weighted by Crippen LogP contribution is 2.48. The zero-order chi connectivity index (χ0) is 22.0. The maximum Gasteiger partial charge on any atom is 0.124 e. The molecule has 2 aliphatic heterocycles. The summed E-state index contributed by atoms with van der Waals surface area (Å²) in [4.78, 5) is -0.178. The molecule has 0 spiro atoms. The molecule has 0 aliphatic carbocycles. The molecule has 5 rings (SSSR count). The van der Waals surface area contributed by atoms with Gasteiger partial charge >= 0.3 is 0 Å². The Morgan fingerprint density at radius 2 is 1.39 bits per heavy atom. The smallest absolute Gasteiger partial charge is 0.124 e. The van der Waals surface area contributed by atoms with Crippen LogP contribution in [0.2, 0.25) is 0 Å². The average molecular weight is 436 g/mol. The van der Waals surface area contributed by atoms with Gasteiger partial charge in [0, 0.05) is 18.4 Å². The summed E-state index contributed by atoms with van der Waals surface area (Å²) in [7, 11) is -4.27. The number of piperidine rings is 1. The number of rotatable bonds is 4. The fourth-order valence-electron chi connectivity index (χ4n) is 5.16. The molecule has 0 atom stereocenters. The van der Waals surface area contributed by atoms with Crippen LogP contribution in [0.15, 0.2) is 89.8 Å². The minimum absolute atomic E-state index is 0.178. The van der Waals surface area contributed by atoms with Gasteiger partial charge in [-0.25, -0.2) is 8.42 Å². The molecule has 31 heavy (non-hydrogen) atoms. The Bertz CT molecular complexity index is 1100. The van der Waals surface area contributed by atoms with Gasteiger partial charge in [0.05, 0.1) is 29.9 Å². The molecule has 4 nitrogen and oxygen atoms in total. The number of hydrogen-bond donors (Lipinski definition) is 0. The lowest BCUT2D eigenvalue weighted by Gasteiger charge is -2.31. The number of aryl methyl sites for hydroxylation is 1. The van der Waals surface area contributed by atoms with E-state index in [1.165, 1.54) is 61.2 Å². The van der Waals surface area contributed by atoms with Crippen molar-refractivity contribution in [1.82, 2.24) is 0 Å². The van der Waals surface area contributed by atoms with Gasteiger partial charge < -0.3 is 9.04 Å². The van der Waals surface area contributed by atoms with Crippen LogP contribution in [0, 0.1) is 6.92 Å². The minimum atomic E-state index is -4.27. The predicted molar refractivity (Wildman–Crippen MR) is 122 cm³/mol. The number of hydrogen-bond acceptors (Lipinski definition) is 3. The highest BCUT2D eigenvalue weighted by Gasteiger charge is 2.55. The first-order valence-corrected chi connectivity index (χ1v) is 12.2. The molecule has 2 aliphatic rings. The van der Waals surface area contributed by atoms with E-state index < -0.39 is 10.1 Å². The van der Waals surface area contributed by atoms with Crippen LogP contribution in [-0.2, 0) is 22.1 Å². The molecule has 2 heterocycles. The Morgan fingerprint density at radius 1 is 0.839 bits per heavy atom. The number of quaternary nitrogens is 1. The summed E-state index contributed by atoms with van der Waals surface area (Å²) in [6.45, 7) is 7.08. The lowest BCUT2D eigenvalue weighted by atomic mass is 9.78. The van der Waals surface area contributed by atoms with Gasteiger partial charge in [-0.05, 0) is 24.6 Å². The summed E-state index contributed by atoms with van der Waals surface area (Å²) in [6.07, 6.45) is 2.73. The molecule has 3 aromatic carbocycles. The van der Waals surface area contributed by atoms with Crippen molar-refractivity contribution in [2.24, 2.45) is 0 Å². The van der Waals surface area contributed by atoms with Crippen LogP contribution >= 0.6 is 0 Å². The van der Waals surface area contributed by atoms with Crippen LogP contribution in [0.4, 0.5) is 0 Å². The van der Waals surface area contributed by atoms with E-state index in [4.69, 9.17) is 0 Å². The van der Waals surface area contributed by atoms with Gasteiger partial charge in [-0.3, -0.25) is 0 Å². The lowest BCUT2D eigenvalue weighted by Crippen LogP contribution is -2.42. The number of fused-ring (bicyclic) bond motifs is 2. The van der Waals surface area contributed by atoms with Gasteiger partial charge in [0.25, 0.3) is 0 Å². The van der Waals surface area contributed by atoms with Gasteiger partial charge in [0.15, 0.2) is 0 Å². The Hall–Kier alpha value is -2.47. The molecule has 0 amide bonds. The van der Waals surface area contributed by atoms with E-state index in [9.17, 15) is 13.0 Å². The molecule has 2 saturated heterocycles. The first-order valence-electron chi connectivity index (χ1n) is 10.8. The fourth-order valence-corrected chi connectivity index (χ4v) is 5.63. The molecule has 0 saturated carbocycles. The second-order valence-corrected chi connectivity index (χ2v) is 10.4. The van der Waals surface area contributed by atoms with Crippen LogP contribution in [0.5, 0.6) is 0 Å². The third-order valence-electron chi connectivity index (χ3n) is 6.82. The first kappa shape index (κ1) is 21.8. The monoisotopic (exact) mass is 435 g/mol. The Morgan fingerprint density at radius 3 is 1.94 bits per heavy atom. The van der Waals surface area contributed by atoms with Gasteiger partial charge in [-0.2, -0.15) is 0 Å². The van der Waals surface area contributed by atoms with Crippen molar-refractivity contribution in [2.75, 3.05) is 19.6 Å². The van der Waals surface area contributed by atoms with Gasteiger partial charge in [0.1, 0.15) is 16.7 Å². The molecule has 162 valence electrons. The van der Waals surface area contributed by atoms with Crippen molar-refractivity contribution in [3.63, 3.8) is 0 Å². The molecule has 0 unspecified atom stereocenters. The zero-order valence-electron chi connectivity index (χ0n) is 17.9. The van der Waals surface area contributed by atoms with E-state index in [1.807, 2.05) is 6.92 Å². The second-order valence-electron chi connectivity index (χ2n) is 9.00. The second kappa shape index (κ2) is 8.58. The molecular formula is C26H29NO3S. The average Bonchev–Trinajstić information content (AvgIpc) is 3.32. The molecule has 0 radical (unpaired) electrons. The van der Waals surface area contributed by atoms with Gasteiger partial charge in [-0.1, -0.05) is 78.4 Å². The van der Waals surface area contributed by atoms with Gasteiger partial charge in [-0.15, -0.1) is 0 Å². The van der Waals surface area contributed by atoms with E-state index >= 15 is 0 Å². The molecule has 2 bridgehead atoms. The lowest BCUT2D eigenvalue weighted by molar-refractivity contribution is -0.922. The summed E-state index contributed by atoms with van der Waals surface area (Å²) < 4.78 is 32.5. The minimum Gasteiger partial charge on any atom is -0.744 e. The van der Waals surface area contributed by atoms with Crippen molar-refractivity contribution >= 4 is 10.1 Å². The van der Waals surface area contributed by atoms with Gasteiger partial charge in [0.2, 0.25) is 0 Å². The summed E-state index contributed by atoms with van der Waals surface area (Å²) in [5, 5.41) is 0. The normalized spacial score (nSPS) is 24.5. The quantitative estimate of drug-likeness (QED) is 0.443. The van der Waals surface area contributed by atoms with Crippen molar-refractivity contribution in [1.29, 1.82) is 0 Å². The molecular weight excluding hydrogens is 406 g/mol. The molecule has 3 aromatic rings. The van der Waals surface area contributed by atoms with Crippen LogP contribution in [-0.4, -0.2) is 37.1 Å².